The first-order valence-electron chi connectivity index (χ1n) is 18.7. The van der Waals surface area contributed by atoms with E-state index in [1.54, 1.807) is 25.1 Å². The first-order valence-corrected chi connectivity index (χ1v) is 20.2. The lowest BCUT2D eigenvalue weighted by molar-refractivity contribution is -0.137. The molecule has 0 spiro atoms. The number of imide groups is 2. The number of halogens is 3. The van der Waals surface area contributed by atoms with Crippen molar-refractivity contribution in [3.05, 3.63) is 171 Å². The van der Waals surface area contributed by atoms with E-state index in [0.717, 1.165) is 22.6 Å². The van der Waals surface area contributed by atoms with Crippen molar-refractivity contribution < 1.29 is 50.4 Å². The number of rotatable bonds is 8. The number of nitrogens with zero attached hydrogens (tertiary/aromatic N) is 2. The smallest absolute Gasteiger partial charge is 0.322 e. The quantitative estimate of drug-likeness (QED) is 0.144. The molecule has 0 saturated heterocycles. The molecule has 0 aliphatic carbocycles. The summed E-state index contributed by atoms with van der Waals surface area (Å²) in [4.78, 5) is 79.1. The van der Waals surface area contributed by atoms with Crippen LogP contribution in [0.3, 0.4) is 0 Å². The van der Waals surface area contributed by atoms with Crippen molar-refractivity contribution in [2.24, 2.45) is 0 Å². The maximum Gasteiger partial charge on any atom is 0.417 e. The van der Waals surface area contributed by atoms with Crippen LogP contribution in [0.15, 0.2) is 131 Å². The highest BCUT2D eigenvalue weighted by Crippen LogP contribution is 2.42. The molecule has 2 aliphatic rings. The highest BCUT2D eigenvalue weighted by Gasteiger charge is 2.40. The van der Waals surface area contributed by atoms with Crippen LogP contribution in [0.25, 0.3) is 11.1 Å². The van der Waals surface area contributed by atoms with Crippen LogP contribution in [0, 0.1) is 13.8 Å². The third-order valence-corrected chi connectivity index (χ3v) is 12.4. The predicted molar refractivity (Wildman–Crippen MR) is 221 cm³/mol. The molecule has 6 aromatic carbocycles. The van der Waals surface area contributed by atoms with Gasteiger partial charge in [-0.2, -0.15) is 13.2 Å². The Labute approximate surface area is 351 Å². The number of aryl methyl sites for hydroxylation is 2. The summed E-state index contributed by atoms with van der Waals surface area (Å²) in [6.07, 6.45) is -4.82. The largest absolute Gasteiger partial charge is 0.417 e. The van der Waals surface area contributed by atoms with E-state index >= 15 is 0 Å². The van der Waals surface area contributed by atoms with Gasteiger partial charge in [0.25, 0.3) is 35.4 Å². The van der Waals surface area contributed by atoms with Gasteiger partial charge in [0.1, 0.15) is 0 Å². The van der Waals surface area contributed by atoms with Crippen molar-refractivity contribution in [2.75, 3.05) is 22.6 Å². The van der Waals surface area contributed by atoms with Crippen molar-refractivity contribution in [3.8, 4) is 11.1 Å². The molecular weight excluding hydrogens is 826 g/mol. The van der Waals surface area contributed by atoms with E-state index in [-0.39, 0.29) is 65.8 Å². The number of sulfone groups is 1. The second-order valence-electron chi connectivity index (χ2n) is 14.6. The number of amides is 6. The van der Waals surface area contributed by atoms with Crippen LogP contribution in [-0.2, 0) is 16.0 Å². The Hall–Kier alpha value is -7.72. The second kappa shape index (κ2) is 15.1. The van der Waals surface area contributed by atoms with E-state index in [4.69, 9.17) is 0 Å². The molecule has 16 heteroatoms. The molecule has 2 aliphatic heterocycles. The van der Waals surface area contributed by atoms with Crippen LogP contribution in [0.2, 0.25) is 0 Å². The Morgan fingerprint density at radius 3 is 1.50 bits per heavy atom. The number of benzene rings is 6. The molecule has 2 heterocycles. The van der Waals surface area contributed by atoms with Crippen molar-refractivity contribution in [3.63, 3.8) is 0 Å². The standard InChI is InChI=1S/C46H31F3N4O8S/c1-24-4-16-33(25(2)20-24)34-19-11-30(23-39(34)46(47,48)49)53-44(58)36-18-6-27(22-38(36)45(53)59)41(55)51-29-9-14-32(15-10-29)62(60,61)31-12-7-28(8-13-31)50-40(54)26-5-17-35-37(21-26)43(57)52(3)42(35)56/h4-23H,1-3H3,(H,50,54)(H,51,55). The third-order valence-electron chi connectivity index (χ3n) is 10.6. The summed E-state index contributed by atoms with van der Waals surface area (Å²) < 4.78 is 70.1. The van der Waals surface area contributed by atoms with E-state index in [9.17, 15) is 50.4 Å². The fourth-order valence-corrected chi connectivity index (χ4v) is 8.61. The zero-order chi connectivity index (χ0) is 44.4. The van der Waals surface area contributed by atoms with Crippen molar-refractivity contribution in [2.45, 2.75) is 29.8 Å². The zero-order valence-electron chi connectivity index (χ0n) is 32.7. The number of carbonyl (C=O) groups is 6. The summed E-state index contributed by atoms with van der Waals surface area (Å²) in [5.41, 5.74) is 0.912. The number of hydrogen-bond donors (Lipinski definition) is 2. The summed E-state index contributed by atoms with van der Waals surface area (Å²) >= 11 is 0. The van der Waals surface area contributed by atoms with Gasteiger partial charge in [-0.15, -0.1) is 0 Å². The summed E-state index contributed by atoms with van der Waals surface area (Å²) in [6.45, 7) is 3.51. The van der Waals surface area contributed by atoms with E-state index < -0.39 is 57.0 Å². The number of hydrogen-bond acceptors (Lipinski definition) is 8. The minimum absolute atomic E-state index is 0.0517. The Balaban J connectivity index is 0.941. The minimum atomic E-state index is -4.82. The predicted octanol–water partition coefficient (Wildman–Crippen LogP) is 8.35. The number of anilines is 3. The van der Waals surface area contributed by atoms with Crippen LogP contribution in [0.4, 0.5) is 30.2 Å². The molecule has 0 fully saturated rings. The molecule has 310 valence electrons. The molecule has 0 saturated carbocycles. The maximum atomic E-state index is 14.4. The molecule has 8 rings (SSSR count). The lowest BCUT2D eigenvalue weighted by Crippen LogP contribution is -2.29. The normalized spacial score (nSPS) is 13.6. The average molecular weight is 857 g/mol. The molecule has 0 bridgehead atoms. The molecule has 0 atom stereocenters. The highest BCUT2D eigenvalue weighted by atomic mass is 32.2. The van der Waals surface area contributed by atoms with Gasteiger partial charge in [-0.1, -0.05) is 29.8 Å². The maximum absolute atomic E-state index is 14.4. The van der Waals surface area contributed by atoms with Gasteiger partial charge in [0.15, 0.2) is 0 Å². The van der Waals surface area contributed by atoms with Crippen LogP contribution < -0.4 is 15.5 Å². The summed E-state index contributed by atoms with van der Waals surface area (Å²) in [5.74, 6) is -4.08. The van der Waals surface area contributed by atoms with E-state index in [2.05, 4.69) is 10.6 Å². The van der Waals surface area contributed by atoms with Gasteiger partial charge in [0.05, 0.1) is 43.3 Å². The van der Waals surface area contributed by atoms with Gasteiger partial charge in [-0.25, -0.2) is 13.3 Å². The molecule has 0 unspecified atom stereocenters. The van der Waals surface area contributed by atoms with Crippen LogP contribution in [-0.4, -0.2) is 55.8 Å². The fourth-order valence-electron chi connectivity index (χ4n) is 7.35. The Morgan fingerprint density at radius 1 is 0.532 bits per heavy atom. The number of fused-ring (bicyclic) bond motifs is 2. The SMILES string of the molecule is Cc1ccc(-c2ccc(N3C(=O)c4ccc(C(=O)Nc5ccc(S(=O)(=O)c6ccc(NC(=O)c7ccc8c(c7)C(=O)N(C)C8=O)cc6)cc5)cc4C3=O)cc2C(F)(F)F)c(C)c1. The molecule has 0 radical (unpaired) electrons. The van der Waals surface area contributed by atoms with E-state index in [1.165, 1.54) is 98.0 Å². The molecule has 62 heavy (non-hydrogen) atoms. The third kappa shape index (κ3) is 7.19. The molecule has 0 aromatic heterocycles. The van der Waals surface area contributed by atoms with Crippen LogP contribution in [0.5, 0.6) is 0 Å². The molecular formula is C46H31F3N4O8S. The summed E-state index contributed by atoms with van der Waals surface area (Å²) in [5, 5.41) is 5.23. The molecule has 6 amide bonds. The van der Waals surface area contributed by atoms with Gasteiger partial charge in [0.2, 0.25) is 9.84 Å². The Morgan fingerprint density at radius 2 is 0.984 bits per heavy atom. The zero-order valence-corrected chi connectivity index (χ0v) is 33.6. The van der Waals surface area contributed by atoms with Gasteiger partial charge in [-0.3, -0.25) is 33.7 Å². The van der Waals surface area contributed by atoms with Crippen molar-refractivity contribution in [1.82, 2.24) is 4.90 Å². The Kier molecular flexibility index (Phi) is 9.98. The van der Waals surface area contributed by atoms with Crippen LogP contribution >= 0.6 is 0 Å². The topological polar surface area (TPSA) is 167 Å². The van der Waals surface area contributed by atoms with Gasteiger partial charge in [-0.05, 0) is 128 Å². The number of nitrogens with one attached hydrogen (secondary N) is 2. The first-order chi connectivity index (χ1) is 29.3. The monoisotopic (exact) mass is 856 g/mol. The lowest BCUT2D eigenvalue weighted by Gasteiger charge is -2.20. The molecule has 6 aromatic rings. The van der Waals surface area contributed by atoms with Gasteiger partial charge < -0.3 is 10.6 Å². The highest BCUT2D eigenvalue weighted by molar-refractivity contribution is 7.91. The van der Waals surface area contributed by atoms with Crippen LogP contribution in [0.1, 0.15) is 78.8 Å². The van der Waals surface area contributed by atoms with Crippen molar-refractivity contribution >= 4 is 62.3 Å². The molecule has 2 N–H and O–H groups in total. The van der Waals surface area contributed by atoms with E-state index in [0.29, 0.717) is 16.0 Å². The van der Waals surface area contributed by atoms with Gasteiger partial charge >= 0.3 is 6.18 Å². The van der Waals surface area contributed by atoms with Crippen molar-refractivity contribution in [1.29, 1.82) is 0 Å². The number of carbonyl (C=O) groups excluding carboxylic acids is 6. The lowest BCUT2D eigenvalue weighted by atomic mass is 9.94. The fraction of sp³-hybridized carbons (Fsp3) is 0.0870. The second-order valence-corrected chi connectivity index (χ2v) is 16.6. The summed E-state index contributed by atoms with van der Waals surface area (Å²) in [7, 11) is -2.73. The molecule has 12 nitrogen and oxygen atoms in total. The van der Waals surface area contributed by atoms with Gasteiger partial charge in [0, 0.05) is 29.5 Å². The average Bonchev–Trinajstić information content (AvgIpc) is 3.62. The summed E-state index contributed by atoms with van der Waals surface area (Å²) in [6, 6.07) is 26.6. The van der Waals surface area contributed by atoms with E-state index in [1.807, 2.05) is 6.92 Å². The Bertz CT molecular complexity index is 3070. The minimum Gasteiger partial charge on any atom is -0.322 e. The first kappa shape index (κ1) is 41.0. The number of alkyl halides is 3.